The molecule has 0 amide bonds. The highest BCUT2D eigenvalue weighted by Gasteiger charge is 2.35. The van der Waals surface area contributed by atoms with E-state index in [4.69, 9.17) is 16.0 Å². The molecule has 3 heterocycles. The first kappa shape index (κ1) is 20.2. The van der Waals surface area contributed by atoms with Crippen LogP contribution in [0.15, 0.2) is 22.1 Å². The quantitative estimate of drug-likeness (QED) is 0.614. The lowest BCUT2D eigenvalue weighted by atomic mass is 10.1. The van der Waals surface area contributed by atoms with E-state index in [9.17, 15) is 18.4 Å². The topological polar surface area (TPSA) is 74.9 Å². The molecule has 2 aromatic heterocycles. The van der Waals surface area contributed by atoms with Crippen LogP contribution >= 0.6 is 22.9 Å². The van der Waals surface area contributed by atoms with Crippen molar-refractivity contribution in [3.8, 4) is 16.3 Å². The highest BCUT2D eigenvalue weighted by molar-refractivity contribution is 7.13. The number of halogens is 4. The van der Waals surface area contributed by atoms with Crippen molar-refractivity contribution in [2.45, 2.75) is 25.7 Å². The van der Waals surface area contributed by atoms with Gasteiger partial charge in [-0.25, -0.2) is 4.98 Å². The molecule has 7 nitrogen and oxygen atoms in total. The lowest BCUT2D eigenvalue weighted by molar-refractivity contribution is -0.274. The maximum atomic E-state index is 12.9. The molecule has 1 aliphatic rings. The molecule has 156 valence electrons. The fourth-order valence-corrected chi connectivity index (χ4v) is 4.13. The molecule has 12 heteroatoms. The van der Waals surface area contributed by atoms with Crippen LogP contribution in [-0.2, 0) is 0 Å². The van der Waals surface area contributed by atoms with Crippen molar-refractivity contribution in [2.24, 2.45) is 0 Å². The number of nitrogens with zero attached hydrogens (tertiary/aromatic N) is 4. The van der Waals surface area contributed by atoms with Gasteiger partial charge in [0.2, 0.25) is 0 Å². The molecule has 0 radical (unpaired) electrons. The largest absolute Gasteiger partial charge is 0.573 e. The van der Waals surface area contributed by atoms with E-state index in [0.717, 1.165) is 0 Å². The molecule has 3 aromatic rings. The number of rotatable bonds is 4. The van der Waals surface area contributed by atoms with Crippen molar-refractivity contribution in [1.82, 2.24) is 15.0 Å². The number of anilines is 1. The monoisotopic (exact) mass is 448 g/mol. The minimum atomic E-state index is -4.94. The van der Waals surface area contributed by atoms with E-state index in [1.165, 1.54) is 22.5 Å². The molecule has 4 rings (SSSR count). The number of ether oxygens (including phenoxy) is 1. The van der Waals surface area contributed by atoms with Gasteiger partial charge in [-0.3, -0.25) is 0 Å². The van der Waals surface area contributed by atoms with Gasteiger partial charge in [0.15, 0.2) is 16.8 Å². The van der Waals surface area contributed by atoms with Crippen LogP contribution in [0.2, 0.25) is 5.02 Å². The molecule has 0 aliphatic carbocycles. The van der Waals surface area contributed by atoms with E-state index < -0.39 is 12.1 Å². The Hall–Kier alpha value is -2.08. The van der Waals surface area contributed by atoms with Crippen LogP contribution in [0.4, 0.5) is 19.2 Å². The Bertz CT molecular complexity index is 1010. The summed E-state index contributed by atoms with van der Waals surface area (Å²) in [6.45, 7) is 3.09. The van der Waals surface area contributed by atoms with Crippen LogP contribution in [-0.4, -0.2) is 52.3 Å². The summed E-state index contributed by atoms with van der Waals surface area (Å²) >= 11 is 7.40. The fraction of sp³-hybridized carbons (Fsp3) is 0.412. The van der Waals surface area contributed by atoms with Crippen LogP contribution < -0.4 is 9.64 Å². The summed E-state index contributed by atoms with van der Waals surface area (Å²) < 4.78 is 48.8. The van der Waals surface area contributed by atoms with Gasteiger partial charge in [0, 0.05) is 31.2 Å². The molecular formula is C17H16ClF3N4O3S. The number of hydroxylamine groups is 2. The Morgan fingerprint density at radius 3 is 2.86 bits per heavy atom. The SMILES string of the molecule is CCC1CN(c2nc3c(OC(F)(F)F)c(Cl)cc(-c4nccs4)c3o2)CCN1O. The van der Waals surface area contributed by atoms with Crippen LogP contribution in [0.25, 0.3) is 21.7 Å². The highest BCUT2D eigenvalue weighted by Crippen LogP contribution is 2.44. The van der Waals surface area contributed by atoms with Gasteiger partial charge in [-0.05, 0) is 12.5 Å². The summed E-state index contributed by atoms with van der Waals surface area (Å²) in [7, 11) is 0. The number of hydrogen-bond acceptors (Lipinski definition) is 8. The number of hydrogen-bond donors (Lipinski definition) is 1. The highest BCUT2D eigenvalue weighted by atomic mass is 35.5. The third-order valence-electron chi connectivity index (χ3n) is 4.64. The van der Waals surface area contributed by atoms with Crippen molar-refractivity contribution in [3.63, 3.8) is 0 Å². The summed E-state index contributed by atoms with van der Waals surface area (Å²) in [5.74, 6) is -0.614. The third-order valence-corrected chi connectivity index (χ3v) is 5.72. The zero-order valence-corrected chi connectivity index (χ0v) is 16.7. The number of aromatic nitrogens is 2. The molecular weight excluding hydrogens is 433 g/mol. The van der Waals surface area contributed by atoms with Gasteiger partial charge in [0.1, 0.15) is 5.01 Å². The molecule has 0 saturated carbocycles. The summed E-state index contributed by atoms with van der Waals surface area (Å²) in [6.07, 6.45) is -2.68. The number of piperazine rings is 1. The number of fused-ring (bicyclic) bond motifs is 1. The zero-order chi connectivity index (χ0) is 20.8. The van der Waals surface area contributed by atoms with Crippen molar-refractivity contribution < 1.29 is 27.5 Å². The average molecular weight is 449 g/mol. The van der Waals surface area contributed by atoms with Crippen molar-refractivity contribution in [3.05, 3.63) is 22.7 Å². The molecule has 0 spiro atoms. The Morgan fingerprint density at radius 2 is 2.21 bits per heavy atom. The van der Waals surface area contributed by atoms with Crippen molar-refractivity contribution in [1.29, 1.82) is 0 Å². The molecule has 1 aromatic carbocycles. The lowest BCUT2D eigenvalue weighted by Crippen LogP contribution is -2.51. The first-order valence-corrected chi connectivity index (χ1v) is 10.0. The molecule has 1 fully saturated rings. The third kappa shape index (κ3) is 4.00. The molecule has 29 heavy (non-hydrogen) atoms. The van der Waals surface area contributed by atoms with Crippen LogP contribution in [0.3, 0.4) is 0 Å². The first-order valence-electron chi connectivity index (χ1n) is 8.76. The van der Waals surface area contributed by atoms with Gasteiger partial charge in [-0.2, -0.15) is 10.0 Å². The number of benzene rings is 1. The van der Waals surface area contributed by atoms with Crippen molar-refractivity contribution >= 4 is 40.1 Å². The Labute approximate surface area is 172 Å². The fourth-order valence-electron chi connectivity index (χ4n) is 3.24. The zero-order valence-electron chi connectivity index (χ0n) is 15.1. The molecule has 1 N–H and O–H groups in total. The van der Waals surface area contributed by atoms with Gasteiger partial charge in [0.25, 0.3) is 6.01 Å². The molecule has 1 atom stereocenters. The summed E-state index contributed by atoms with van der Waals surface area (Å²) in [5.41, 5.74) is 0.411. The summed E-state index contributed by atoms with van der Waals surface area (Å²) in [5, 5.41) is 13.2. The normalized spacial score (nSPS) is 18.6. The van der Waals surface area contributed by atoms with E-state index >= 15 is 0 Å². The predicted molar refractivity (Wildman–Crippen MR) is 102 cm³/mol. The second kappa shape index (κ2) is 7.63. The van der Waals surface area contributed by atoms with E-state index in [0.29, 0.717) is 36.6 Å². The van der Waals surface area contributed by atoms with E-state index in [1.807, 2.05) is 6.92 Å². The molecule has 0 bridgehead atoms. The predicted octanol–water partition coefficient (Wildman–Crippen LogP) is 4.79. The number of thiazole rings is 1. The average Bonchev–Trinajstić information content (AvgIpc) is 3.33. The summed E-state index contributed by atoms with van der Waals surface area (Å²) in [6, 6.07) is 1.32. The second-order valence-corrected chi connectivity index (χ2v) is 7.77. The Kier molecular flexibility index (Phi) is 5.32. The molecule has 1 saturated heterocycles. The van der Waals surface area contributed by atoms with Gasteiger partial charge in [-0.1, -0.05) is 18.5 Å². The standard InChI is InChI=1S/C17H16ClF3N4O3S/c1-2-9-8-24(4-5-25(9)26)16-23-12-13(27-16)10(15-22-3-6-29-15)7-11(18)14(12)28-17(19,20)21/h3,6-7,9,26H,2,4-5,8H2,1H3. The summed E-state index contributed by atoms with van der Waals surface area (Å²) in [4.78, 5) is 10.2. The minimum Gasteiger partial charge on any atom is -0.422 e. The van der Waals surface area contributed by atoms with E-state index in [1.54, 1.807) is 16.5 Å². The van der Waals surface area contributed by atoms with Gasteiger partial charge in [-0.15, -0.1) is 24.5 Å². The lowest BCUT2D eigenvalue weighted by Gasteiger charge is -2.36. The van der Waals surface area contributed by atoms with Gasteiger partial charge in [0.05, 0.1) is 16.6 Å². The Balaban J connectivity index is 1.84. The number of oxazole rings is 1. The molecule has 1 aliphatic heterocycles. The van der Waals surface area contributed by atoms with Gasteiger partial charge < -0.3 is 19.3 Å². The van der Waals surface area contributed by atoms with E-state index in [-0.39, 0.29) is 28.2 Å². The first-order chi connectivity index (χ1) is 13.8. The smallest absolute Gasteiger partial charge is 0.422 e. The molecule has 1 unspecified atom stereocenters. The van der Waals surface area contributed by atoms with Gasteiger partial charge >= 0.3 is 6.36 Å². The van der Waals surface area contributed by atoms with Crippen molar-refractivity contribution in [2.75, 3.05) is 24.5 Å². The van der Waals surface area contributed by atoms with E-state index in [2.05, 4.69) is 14.7 Å². The minimum absolute atomic E-state index is 0.109. The maximum Gasteiger partial charge on any atom is 0.573 e. The van der Waals surface area contributed by atoms with Crippen LogP contribution in [0.5, 0.6) is 5.75 Å². The van der Waals surface area contributed by atoms with Crippen LogP contribution in [0.1, 0.15) is 13.3 Å². The maximum absolute atomic E-state index is 12.9. The Morgan fingerprint density at radius 1 is 1.41 bits per heavy atom. The second-order valence-electron chi connectivity index (χ2n) is 6.47. The van der Waals surface area contributed by atoms with Crippen LogP contribution in [0, 0.1) is 0 Å². The number of alkyl halides is 3.